The van der Waals surface area contributed by atoms with Crippen molar-refractivity contribution in [2.24, 2.45) is 7.05 Å². The molecule has 0 spiro atoms. The number of thiophene rings is 1. The highest BCUT2D eigenvalue weighted by atomic mass is 32.1. The monoisotopic (exact) mass is 264 g/mol. The Labute approximate surface area is 110 Å². The number of aromatic nitrogens is 2. The maximum atomic E-state index is 12.1. The van der Waals surface area contributed by atoms with Crippen LogP contribution < -0.4 is 11.1 Å². The van der Waals surface area contributed by atoms with Gasteiger partial charge in [-0.25, -0.2) is 0 Å². The second-order valence-corrected chi connectivity index (χ2v) is 5.18. The Morgan fingerprint density at radius 3 is 2.78 bits per heavy atom. The van der Waals surface area contributed by atoms with Crippen LogP contribution >= 0.6 is 11.3 Å². The molecule has 0 aliphatic carbocycles. The molecule has 2 aromatic rings. The fraction of sp³-hybridized carbons (Fsp3) is 0.333. The predicted octanol–water partition coefficient (Wildman–Crippen LogP) is 1.61. The van der Waals surface area contributed by atoms with Crippen LogP contribution in [0.2, 0.25) is 0 Å². The molecule has 0 fully saturated rings. The molecular weight excluding hydrogens is 248 g/mol. The number of amides is 1. The summed E-state index contributed by atoms with van der Waals surface area (Å²) < 4.78 is 1.52. The van der Waals surface area contributed by atoms with Gasteiger partial charge in [0, 0.05) is 11.9 Å². The van der Waals surface area contributed by atoms with Crippen LogP contribution in [0.1, 0.15) is 26.6 Å². The summed E-state index contributed by atoms with van der Waals surface area (Å²) >= 11 is 1.63. The summed E-state index contributed by atoms with van der Waals surface area (Å²) in [7, 11) is 1.72. The summed E-state index contributed by atoms with van der Waals surface area (Å²) in [4.78, 5) is 13.2. The number of carbonyl (C=O) groups is 1. The van der Waals surface area contributed by atoms with Gasteiger partial charge in [0.15, 0.2) is 0 Å². The van der Waals surface area contributed by atoms with Gasteiger partial charge in [0.05, 0.1) is 17.9 Å². The van der Waals surface area contributed by atoms with Gasteiger partial charge in [-0.1, -0.05) is 0 Å². The van der Waals surface area contributed by atoms with E-state index in [1.807, 2.05) is 18.4 Å². The molecule has 2 rings (SSSR count). The van der Waals surface area contributed by atoms with Crippen LogP contribution in [0.3, 0.4) is 0 Å². The average molecular weight is 264 g/mol. The van der Waals surface area contributed by atoms with E-state index in [1.54, 1.807) is 25.3 Å². The third-order valence-electron chi connectivity index (χ3n) is 2.86. The zero-order chi connectivity index (χ0) is 13.3. The second kappa shape index (κ2) is 4.81. The normalized spacial score (nSPS) is 10.6. The molecule has 2 aromatic heterocycles. The molecule has 0 aromatic carbocycles. The third-order valence-corrected chi connectivity index (χ3v) is 3.88. The maximum absolute atomic E-state index is 12.1. The molecule has 3 N–H and O–H groups in total. The zero-order valence-corrected chi connectivity index (χ0v) is 11.5. The zero-order valence-electron chi connectivity index (χ0n) is 10.7. The summed E-state index contributed by atoms with van der Waals surface area (Å²) in [5, 5.41) is 9.01. The van der Waals surface area contributed by atoms with E-state index in [1.165, 1.54) is 10.2 Å². The molecule has 18 heavy (non-hydrogen) atoms. The van der Waals surface area contributed by atoms with E-state index in [9.17, 15) is 4.79 Å². The van der Waals surface area contributed by atoms with Gasteiger partial charge >= 0.3 is 0 Å². The Morgan fingerprint density at radius 1 is 1.56 bits per heavy atom. The van der Waals surface area contributed by atoms with Crippen LogP contribution in [0.5, 0.6) is 0 Å². The molecule has 5 nitrogen and oxygen atoms in total. The van der Waals surface area contributed by atoms with E-state index >= 15 is 0 Å². The molecule has 0 saturated carbocycles. The Hall–Kier alpha value is -1.82. The molecule has 0 radical (unpaired) electrons. The number of rotatable bonds is 3. The molecule has 0 aliphatic heterocycles. The minimum Gasteiger partial charge on any atom is -0.395 e. The minimum atomic E-state index is -0.191. The van der Waals surface area contributed by atoms with Crippen LogP contribution in [0.25, 0.3) is 0 Å². The van der Waals surface area contributed by atoms with Gasteiger partial charge in [-0.2, -0.15) is 5.10 Å². The van der Waals surface area contributed by atoms with Gasteiger partial charge in [-0.05, 0) is 30.9 Å². The summed E-state index contributed by atoms with van der Waals surface area (Å²) in [6.07, 6.45) is 0. The lowest BCUT2D eigenvalue weighted by atomic mass is 10.2. The molecule has 0 atom stereocenters. The van der Waals surface area contributed by atoms with E-state index in [-0.39, 0.29) is 5.91 Å². The summed E-state index contributed by atoms with van der Waals surface area (Å²) in [5.41, 5.74) is 8.57. The fourth-order valence-corrected chi connectivity index (χ4v) is 2.62. The van der Waals surface area contributed by atoms with Crippen LogP contribution in [-0.2, 0) is 13.6 Å². The van der Waals surface area contributed by atoms with Crippen molar-refractivity contribution in [2.75, 3.05) is 5.73 Å². The molecule has 6 heteroatoms. The lowest BCUT2D eigenvalue weighted by Gasteiger charge is -2.05. The predicted molar refractivity (Wildman–Crippen MR) is 72.6 cm³/mol. The van der Waals surface area contributed by atoms with Crippen molar-refractivity contribution in [3.63, 3.8) is 0 Å². The second-order valence-electron chi connectivity index (χ2n) is 4.18. The first kappa shape index (κ1) is 12.6. The number of nitrogens with two attached hydrogens (primary N) is 1. The van der Waals surface area contributed by atoms with E-state index in [0.717, 1.165) is 4.88 Å². The molecule has 96 valence electrons. The minimum absolute atomic E-state index is 0.191. The highest BCUT2D eigenvalue weighted by Crippen LogP contribution is 2.17. The molecule has 0 aliphatic rings. The van der Waals surface area contributed by atoms with E-state index in [2.05, 4.69) is 10.4 Å². The number of anilines is 1. The van der Waals surface area contributed by atoms with Crippen molar-refractivity contribution in [3.05, 3.63) is 33.3 Å². The van der Waals surface area contributed by atoms with Crippen molar-refractivity contribution in [1.29, 1.82) is 0 Å². The first-order valence-corrected chi connectivity index (χ1v) is 6.49. The van der Waals surface area contributed by atoms with Crippen LogP contribution in [0.15, 0.2) is 11.4 Å². The first-order chi connectivity index (χ1) is 8.50. The highest BCUT2D eigenvalue weighted by molar-refractivity contribution is 7.10. The van der Waals surface area contributed by atoms with Crippen molar-refractivity contribution >= 4 is 22.9 Å². The SMILES string of the molecule is Cc1ccsc1CNC(=O)c1c(N)c(C)nn1C. The number of nitrogens with one attached hydrogen (secondary N) is 1. The maximum Gasteiger partial charge on any atom is 0.271 e. The van der Waals surface area contributed by atoms with Gasteiger partial charge in [-0.15, -0.1) is 11.3 Å². The number of nitrogen functional groups attached to an aromatic ring is 1. The van der Waals surface area contributed by atoms with Gasteiger partial charge in [-0.3, -0.25) is 9.48 Å². The fourth-order valence-electron chi connectivity index (χ4n) is 1.77. The molecule has 1 amide bonds. The summed E-state index contributed by atoms with van der Waals surface area (Å²) in [6.45, 7) is 4.34. The van der Waals surface area contributed by atoms with E-state index in [4.69, 9.17) is 5.73 Å². The number of aryl methyl sites for hydroxylation is 3. The van der Waals surface area contributed by atoms with Gasteiger partial charge in [0.1, 0.15) is 5.69 Å². The topological polar surface area (TPSA) is 72.9 Å². The number of nitrogens with zero attached hydrogens (tertiary/aromatic N) is 2. The lowest BCUT2D eigenvalue weighted by Crippen LogP contribution is -2.25. The van der Waals surface area contributed by atoms with Crippen molar-refractivity contribution in [2.45, 2.75) is 20.4 Å². The molecule has 2 heterocycles. The molecular formula is C12H16N4OS. The van der Waals surface area contributed by atoms with Crippen molar-refractivity contribution in [3.8, 4) is 0 Å². The summed E-state index contributed by atoms with van der Waals surface area (Å²) in [5.74, 6) is -0.191. The quantitative estimate of drug-likeness (QED) is 0.884. The number of hydrogen-bond acceptors (Lipinski definition) is 4. The molecule has 0 bridgehead atoms. The molecule has 0 saturated heterocycles. The highest BCUT2D eigenvalue weighted by Gasteiger charge is 2.17. The van der Waals surface area contributed by atoms with Crippen LogP contribution in [-0.4, -0.2) is 15.7 Å². The summed E-state index contributed by atoms with van der Waals surface area (Å²) in [6, 6.07) is 2.04. The van der Waals surface area contributed by atoms with Gasteiger partial charge in [0.25, 0.3) is 5.91 Å². The molecule has 0 unspecified atom stereocenters. The Morgan fingerprint density at radius 2 is 2.28 bits per heavy atom. The number of hydrogen-bond donors (Lipinski definition) is 2. The first-order valence-electron chi connectivity index (χ1n) is 5.61. The van der Waals surface area contributed by atoms with Gasteiger partial charge < -0.3 is 11.1 Å². The Balaban J connectivity index is 2.11. The van der Waals surface area contributed by atoms with Crippen LogP contribution in [0.4, 0.5) is 5.69 Å². The van der Waals surface area contributed by atoms with E-state index < -0.39 is 0 Å². The van der Waals surface area contributed by atoms with Gasteiger partial charge in [0.2, 0.25) is 0 Å². The van der Waals surface area contributed by atoms with E-state index in [0.29, 0.717) is 23.6 Å². The number of carbonyl (C=O) groups excluding carboxylic acids is 1. The third kappa shape index (κ3) is 2.24. The standard InChI is InChI=1S/C12H16N4OS/c1-7-4-5-18-9(7)6-14-12(17)11-10(13)8(2)15-16(11)3/h4-5H,6,13H2,1-3H3,(H,14,17). The van der Waals surface area contributed by atoms with Crippen LogP contribution in [0, 0.1) is 13.8 Å². The largest absolute Gasteiger partial charge is 0.395 e. The Bertz CT molecular complexity index is 585. The Kier molecular flexibility index (Phi) is 3.38. The lowest BCUT2D eigenvalue weighted by molar-refractivity contribution is 0.0943. The van der Waals surface area contributed by atoms with Crippen molar-refractivity contribution in [1.82, 2.24) is 15.1 Å². The van der Waals surface area contributed by atoms with Crippen molar-refractivity contribution < 1.29 is 4.79 Å². The average Bonchev–Trinajstić information content (AvgIpc) is 2.81. The smallest absolute Gasteiger partial charge is 0.271 e.